The third-order valence-electron chi connectivity index (χ3n) is 2.12. The Bertz CT molecular complexity index is 512. The minimum absolute atomic E-state index is 0. The number of aromatic nitrogens is 1. The SMILES string of the molecule is CC(N)CC(=O)Nc1ccc2ncsc2c1.Cl. The summed E-state index contributed by atoms with van der Waals surface area (Å²) in [7, 11) is 0. The predicted octanol–water partition coefficient (Wildman–Crippen LogP) is 2.39. The van der Waals surface area contributed by atoms with Gasteiger partial charge in [0.05, 0.1) is 15.7 Å². The summed E-state index contributed by atoms with van der Waals surface area (Å²) in [6, 6.07) is 5.55. The highest BCUT2D eigenvalue weighted by Crippen LogP contribution is 2.21. The highest BCUT2D eigenvalue weighted by atomic mass is 35.5. The van der Waals surface area contributed by atoms with Crippen LogP contribution < -0.4 is 11.1 Å². The van der Waals surface area contributed by atoms with Gasteiger partial charge in [0.15, 0.2) is 0 Å². The number of carbonyl (C=O) groups is 1. The van der Waals surface area contributed by atoms with Crippen LogP contribution in [0.25, 0.3) is 10.2 Å². The van der Waals surface area contributed by atoms with Crippen molar-refractivity contribution in [1.82, 2.24) is 4.98 Å². The molecule has 1 atom stereocenters. The fraction of sp³-hybridized carbons (Fsp3) is 0.273. The number of carbonyl (C=O) groups excluding carboxylic acids is 1. The third-order valence-corrected chi connectivity index (χ3v) is 2.91. The summed E-state index contributed by atoms with van der Waals surface area (Å²) in [5.74, 6) is -0.0566. The normalized spacial score (nSPS) is 11.9. The van der Waals surface area contributed by atoms with Crippen molar-refractivity contribution in [2.24, 2.45) is 5.73 Å². The maximum Gasteiger partial charge on any atom is 0.225 e. The molecule has 1 amide bonds. The fourth-order valence-electron chi connectivity index (χ4n) is 1.44. The van der Waals surface area contributed by atoms with E-state index in [1.54, 1.807) is 16.8 Å². The molecule has 0 bridgehead atoms. The second-order valence-electron chi connectivity index (χ2n) is 3.76. The number of halogens is 1. The molecule has 17 heavy (non-hydrogen) atoms. The van der Waals surface area contributed by atoms with Crippen LogP contribution in [0.5, 0.6) is 0 Å². The van der Waals surface area contributed by atoms with Crippen molar-refractivity contribution in [3.8, 4) is 0 Å². The third kappa shape index (κ3) is 3.66. The highest BCUT2D eigenvalue weighted by molar-refractivity contribution is 7.16. The van der Waals surface area contributed by atoms with Crippen LogP contribution in [-0.4, -0.2) is 16.9 Å². The number of hydrogen-bond acceptors (Lipinski definition) is 4. The molecule has 0 spiro atoms. The van der Waals surface area contributed by atoms with Gasteiger partial charge in [-0.05, 0) is 25.1 Å². The van der Waals surface area contributed by atoms with E-state index in [4.69, 9.17) is 5.73 Å². The van der Waals surface area contributed by atoms with Gasteiger partial charge in [-0.1, -0.05) is 0 Å². The molecule has 0 saturated heterocycles. The van der Waals surface area contributed by atoms with E-state index in [-0.39, 0.29) is 24.4 Å². The van der Waals surface area contributed by atoms with Crippen molar-refractivity contribution < 1.29 is 4.79 Å². The first-order valence-electron chi connectivity index (χ1n) is 5.04. The topological polar surface area (TPSA) is 68.0 Å². The van der Waals surface area contributed by atoms with Gasteiger partial charge in [0.2, 0.25) is 5.91 Å². The Labute approximate surface area is 110 Å². The van der Waals surface area contributed by atoms with Crippen LogP contribution in [0.1, 0.15) is 13.3 Å². The molecule has 1 unspecified atom stereocenters. The van der Waals surface area contributed by atoms with Crippen molar-refractivity contribution in [1.29, 1.82) is 0 Å². The number of nitrogens with two attached hydrogens (primary N) is 1. The van der Waals surface area contributed by atoms with Crippen LogP contribution in [0.4, 0.5) is 5.69 Å². The van der Waals surface area contributed by atoms with Gasteiger partial charge in [0.1, 0.15) is 0 Å². The lowest BCUT2D eigenvalue weighted by Crippen LogP contribution is -2.23. The molecule has 0 radical (unpaired) electrons. The first kappa shape index (κ1) is 13.9. The Morgan fingerprint density at radius 1 is 1.59 bits per heavy atom. The molecule has 0 fully saturated rings. The van der Waals surface area contributed by atoms with Crippen molar-refractivity contribution in [3.63, 3.8) is 0 Å². The lowest BCUT2D eigenvalue weighted by molar-refractivity contribution is -0.116. The first-order valence-corrected chi connectivity index (χ1v) is 5.92. The van der Waals surface area contributed by atoms with Crippen LogP contribution in [0.3, 0.4) is 0 Å². The summed E-state index contributed by atoms with van der Waals surface area (Å²) in [5, 5.41) is 2.82. The molecular formula is C11H14ClN3OS. The number of thiazole rings is 1. The summed E-state index contributed by atoms with van der Waals surface area (Å²) >= 11 is 1.56. The summed E-state index contributed by atoms with van der Waals surface area (Å²) in [5.41, 5.74) is 9.09. The number of hydrogen-bond donors (Lipinski definition) is 2. The maximum absolute atomic E-state index is 11.5. The van der Waals surface area contributed by atoms with E-state index in [1.165, 1.54) is 0 Å². The Balaban J connectivity index is 0.00000144. The average Bonchev–Trinajstić information content (AvgIpc) is 2.63. The number of fused-ring (bicyclic) bond motifs is 1. The molecule has 1 aromatic heterocycles. The summed E-state index contributed by atoms with van der Waals surface area (Å²) in [4.78, 5) is 15.7. The number of nitrogens with zero attached hydrogens (tertiary/aromatic N) is 1. The van der Waals surface area contributed by atoms with Gasteiger partial charge in [-0.15, -0.1) is 23.7 Å². The largest absolute Gasteiger partial charge is 0.327 e. The van der Waals surface area contributed by atoms with Gasteiger partial charge in [-0.25, -0.2) is 4.98 Å². The van der Waals surface area contributed by atoms with Crippen LogP contribution in [0, 0.1) is 0 Å². The van der Waals surface area contributed by atoms with Crippen molar-refractivity contribution >= 4 is 45.6 Å². The quantitative estimate of drug-likeness (QED) is 0.901. The van der Waals surface area contributed by atoms with E-state index in [0.29, 0.717) is 6.42 Å². The number of benzene rings is 1. The maximum atomic E-state index is 11.5. The molecule has 0 aliphatic heterocycles. The highest BCUT2D eigenvalue weighted by Gasteiger charge is 2.06. The zero-order valence-corrected chi connectivity index (χ0v) is 11.0. The van der Waals surface area contributed by atoms with E-state index in [0.717, 1.165) is 15.9 Å². The standard InChI is InChI=1S/C11H13N3OS.ClH/c1-7(12)4-11(15)14-8-2-3-9-10(5-8)16-6-13-9;/h2-3,5-7H,4,12H2,1H3,(H,14,15);1H. The number of anilines is 1. The number of nitrogens with one attached hydrogen (secondary N) is 1. The summed E-state index contributed by atoms with van der Waals surface area (Å²) in [6.07, 6.45) is 0.334. The smallest absolute Gasteiger partial charge is 0.225 e. The molecule has 0 saturated carbocycles. The minimum atomic E-state index is -0.118. The monoisotopic (exact) mass is 271 g/mol. The first-order chi connectivity index (χ1) is 7.65. The molecule has 92 valence electrons. The molecule has 3 N–H and O–H groups in total. The molecule has 4 nitrogen and oxygen atoms in total. The van der Waals surface area contributed by atoms with Gasteiger partial charge >= 0.3 is 0 Å². The Kier molecular flexibility index (Phi) is 4.86. The van der Waals surface area contributed by atoms with Crippen LogP contribution >= 0.6 is 23.7 Å². The molecule has 0 aliphatic carbocycles. The second-order valence-corrected chi connectivity index (χ2v) is 4.65. The van der Waals surface area contributed by atoms with Crippen molar-refractivity contribution in [2.45, 2.75) is 19.4 Å². The second kappa shape index (κ2) is 5.95. The van der Waals surface area contributed by atoms with Gasteiger partial charge in [0, 0.05) is 18.2 Å². The van der Waals surface area contributed by atoms with Crippen molar-refractivity contribution in [2.75, 3.05) is 5.32 Å². The Morgan fingerprint density at radius 2 is 2.35 bits per heavy atom. The molecule has 2 rings (SSSR count). The Hall–Kier alpha value is -1.17. The van der Waals surface area contributed by atoms with Crippen molar-refractivity contribution in [3.05, 3.63) is 23.7 Å². The Morgan fingerprint density at radius 3 is 3.06 bits per heavy atom. The molecule has 1 heterocycles. The van der Waals surface area contributed by atoms with E-state index in [1.807, 2.05) is 25.1 Å². The minimum Gasteiger partial charge on any atom is -0.327 e. The summed E-state index contributed by atoms with van der Waals surface area (Å²) in [6.45, 7) is 1.81. The molecule has 2 aromatic rings. The number of amides is 1. The zero-order valence-electron chi connectivity index (χ0n) is 9.34. The lowest BCUT2D eigenvalue weighted by atomic mass is 10.2. The van der Waals surface area contributed by atoms with Gasteiger partial charge in [-0.3, -0.25) is 4.79 Å². The average molecular weight is 272 g/mol. The van der Waals surface area contributed by atoms with E-state index in [2.05, 4.69) is 10.3 Å². The molecule has 1 aromatic carbocycles. The van der Waals surface area contributed by atoms with E-state index < -0.39 is 0 Å². The van der Waals surface area contributed by atoms with Gasteiger partial charge < -0.3 is 11.1 Å². The predicted molar refractivity (Wildman–Crippen MR) is 73.8 cm³/mol. The molecule has 6 heteroatoms. The van der Waals surface area contributed by atoms with Crippen LogP contribution in [-0.2, 0) is 4.79 Å². The van der Waals surface area contributed by atoms with Crippen LogP contribution in [0.15, 0.2) is 23.7 Å². The van der Waals surface area contributed by atoms with Gasteiger partial charge in [0.25, 0.3) is 0 Å². The van der Waals surface area contributed by atoms with Crippen LogP contribution in [0.2, 0.25) is 0 Å². The lowest BCUT2D eigenvalue weighted by Gasteiger charge is -2.06. The molecular weight excluding hydrogens is 258 g/mol. The summed E-state index contributed by atoms with van der Waals surface area (Å²) < 4.78 is 1.07. The zero-order chi connectivity index (χ0) is 11.5. The number of rotatable bonds is 3. The van der Waals surface area contributed by atoms with E-state index in [9.17, 15) is 4.79 Å². The van der Waals surface area contributed by atoms with Gasteiger partial charge in [-0.2, -0.15) is 0 Å². The fourth-order valence-corrected chi connectivity index (χ4v) is 2.15. The molecule has 0 aliphatic rings. The van der Waals surface area contributed by atoms with E-state index >= 15 is 0 Å².